The van der Waals surface area contributed by atoms with Gasteiger partial charge in [-0.15, -0.1) is 34.2 Å². The van der Waals surface area contributed by atoms with E-state index in [1.807, 2.05) is 18.2 Å². The van der Waals surface area contributed by atoms with Gasteiger partial charge in [-0.2, -0.15) is 0 Å². The van der Waals surface area contributed by atoms with E-state index in [0.29, 0.717) is 13.1 Å². The molecule has 166 valence electrons. The second kappa shape index (κ2) is 11.5. The number of halogens is 1. The van der Waals surface area contributed by atoms with Crippen LogP contribution in [0.3, 0.4) is 0 Å². The van der Waals surface area contributed by atoms with Crippen LogP contribution in [0.1, 0.15) is 64.2 Å². The van der Waals surface area contributed by atoms with Crippen molar-refractivity contribution in [1.29, 1.82) is 0 Å². The number of hydrogen-bond donors (Lipinski definition) is 2. The zero-order valence-corrected chi connectivity index (χ0v) is 20.9. The Balaban J connectivity index is 0.00000320. The topological polar surface area (TPSA) is 76.4 Å². The molecule has 2 aromatic rings. The fraction of sp³-hybridized carbons (Fsp3) is 0.591. The first-order chi connectivity index (χ1) is 14.0. The largest absolute Gasteiger partial charge is 0.488 e. The van der Waals surface area contributed by atoms with Gasteiger partial charge in [0.05, 0.1) is 13.1 Å². The number of aryl methyl sites for hydroxylation is 1. The van der Waals surface area contributed by atoms with Gasteiger partial charge in [-0.3, -0.25) is 0 Å². The highest BCUT2D eigenvalue weighted by Gasteiger charge is 2.16. The van der Waals surface area contributed by atoms with Crippen molar-refractivity contribution in [2.45, 2.75) is 78.6 Å². The van der Waals surface area contributed by atoms with Crippen LogP contribution in [0.2, 0.25) is 0 Å². The average Bonchev–Trinajstić information content (AvgIpc) is 2.90. The monoisotopic (exact) mass is 526 g/mol. The summed E-state index contributed by atoms with van der Waals surface area (Å²) in [4.78, 5) is 4.76. The average molecular weight is 526 g/mol. The van der Waals surface area contributed by atoms with Crippen molar-refractivity contribution in [1.82, 2.24) is 25.4 Å². The lowest BCUT2D eigenvalue weighted by atomic mass is 10.1. The van der Waals surface area contributed by atoms with Crippen LogP contribution in [0.25, 0.3) is 0 Å². The van der Waals surface area contributed by atoms with E-state index in [2.05, 4.69) is 59.2 Å². The number of aliphatic imine (C=N–C) groups is 1. The Labute approximate surface area is 197 Å². The van der Waals surface area contributed by atoms with Crippen LogP contribution in [0.4, 0.5) is 0 Å². The minimum absolute atomic E-state index is 0. The summed E-state index contributed by atoms with van der Waals surface area (Å²) < 4.78 is 8.35. The highest BCUT2D eigenvalue weighted by molar-refractivity contribution is 14.0. The highest BCUT2D eigenvalue weighted by Crippen LogP contribution is 2.23. The Morgan fingerprint density at radius 2 is 1.93 bits per heavy atom. The fourth-order valence-corrected chi connectivity index (χ4v) is 3.41. The molecule has 1 aliphatic rings. The molecule has 0 aliphatic carbocycles. The van der Waals surface area contributed by atoms with Crippen LogP contribution in [0.5, 0.6) is 5.75 Å². The van der Waals surface area contributed by atoms with E-state index in [4.69, 9.17) is 9.73 Å². The molecule has 0 bridgehead atoms. The molecule has 0 amide bonds. The molecule has 1 aliphatic heterocycles. The van der Waals surface area contributed by atoms with Gasteiger partial charge in [0.1, 0.15) is 17.2 Å². The number of benzene rings is 1. The van der Waals surface area contributed by atoms with Crippen molar-refractivity contribution in [3.63, 3.8) is 0 Å². The minimum atomic E-state index is -0.242. The molecule has 2 heterocycles. The van der Waals surface area contributed by atoms with E-state index in [1.165, 1.54) is 19.3 Å². The first-order valence-corrected chi connectivity index (χ1v) is 10.7. The number of ether oxygens (including phenoxy) is 1. The molecule has 3 rings (SSSR count). The van der Waals surface area contributed by atoms with Gasteiger partial charge in [0.2, 0.25) is 0 Å². The maximum Gasteiger partial charge on any atom is 0.191 e. The summed E-state index contributed by atoms with van der Waals surface area (Å²) in [6.07, 6.45) is 4.67. The molecular weight excluding hydrogens is 491 g/mol. The van der Waals surface area contributed by atoms with Gasteiger partial charge in [-0.25, -0.2) is 4.99 Å². The first-order valence-electron chi connectivity index (χ1n) is 10.7. The molecule has 0 unspecified atom stereocenters. The molecule has 0 radical (unpaired) electrons. The summed E-state index contributed by atoms with van der Waals surface area (Å²) in [5, 5.41) is 15.5. The van der Waals surface area contributed by atoms with Crippen LogP contribution in [0, 0.1) is 0 Å². The fourth-order valence-electron chi connectivity index (χ4n) is 3.41. The van der Waals surface area contributed by atoms with E-state index < -0.39 is 0 Å². The zero-order valence-electron chi connectivity index (χ0n) is 18.6. The van der Waals surface area contributed by atoms with E-state index in [9.17, 15) is 0 Å². The molecule has 1 aromatic carbocycles. The highest BCUT2D eigenvalue weighted by atomic mass is 127. The number of aromatic nitrogens is 3. The molecule has 0 saturated heterocycles. The normalized spacial score (nSPS) is 14.3. The maximum atomic E-state index is 6.09. The Kier molecular flexibility index (Phi) is 9.38. The second-order valence-corrected chi connectivity index (χ2v) is 8.37. The van der Waals surface area contributed by atoms with Crippen LogP contribution >= 0.6 is 24.0 Å². The number of para-hydroxylation sites is 1. The van der Waals surface area contributed by atoms with Crippen molar-refractivity contribution in [2.24, 2.45) is 4.99 Å². The SMILES string of the molecule is CCNC(=NCc1ccccc1OC(C)(C)C)NCc1nnc2n1CCCCC2.I. The van der Waals surface area contributed by atoms with Crippen molar-refractivity contribution >= 4 is 29.9 Å². The van der Waals surface area contributed by atoms with E-state index in [-0.39, 0.29) is 29.6 Å². The summed E-state index contributed by atoms with van der Waals surface area (Å²) in [5.74, 6) is 3.73. The third kappa shape index (κ3) is 7.14. The number of hydrogen-bond acceptors (Lipinski definition) is 4. The van der Waals surface area contributed by atoms with E-state index in [0.717, 1.165) is 48.4 Å². The molecule has 2 N–H and O–H groups in total. The molecular formula is C22H35IN6O. The van der Waals surface area contributed by atoms with Gasteiger partial charge in [-0.05, 0) is 46.6 Å². The van der Waals surface area contributed by atoms with Gasteiger partial charge in [0, 0.05) is 25.1 Å². The van der Waals surface area contributed by atoms with Crippen molar-refractivity contribution in [3.8, 4) is 5.75 Å². The van der Waals surface area contributed by atoms with Crippen LogP contribution in [-0.4, -0.2) is 32.9 Å². The number of guanidine groups is 1. The Bertz CT molecular complexity index is 827. The molecule has 30 heavy (non-hydrogen) atoms. The summed E-state index contributed by atoms with van der Waals surface area (Å²) in [6, 6.07) is 8.08. The molecule has 0 fully saturated rings. The maximum absolute atomic E-state index is 6.09. The number of nitrogens with one attached hydrogen (secondary N) is 2. The van der Waals surface area contributed by atoms with Crippen LogP contribution in [0.15, 0.2) is 29.3 Å². The van der Waals surface area contributed by atoms with Crippen molar-refractivity contribution < 1.29 is 4.74 Å². The lowest BCUT2D eigenvalue weighted by Gasteiger charge is -2.23. The van der Waals surface area contributed by atoms with Crippen molar-refractivity contribution in [2.75, 3.05) is 6.54 Å². The number of nitrogens with zero attached hydrogens (tertiary/aromatic N) is 4. The lowest BCUT2D eigenvalue weighted by molar-refractivity contribution is 0.129. The van der Waals surface area contributed by atoms with Gasteiger partial charge < -0.3 is 19.9 Å². The molecule has 0 spiro atoms. The smallest absolute Gasteiger partial charge is 0.191 e. The lowest BCUT2D eigenvalue weighted by Crippen LogP contribution is -2.37. The third-order valence-corrected chi connectivity index (χ3v) is 4.74. The summed E-state index contributed by atoms with van der Waals surface area (Å²) >= 11 is 0. The standard InChI is InChI=1S/C22H34N6O.HI/c1-5-23-21(24-15-17-11-8-9-12-18(17)29-22(2,3)4)25-16-20-27-26-19-13-7-6-10-14-28(19)20;/h8-9,11-12H,5-7,10,13-16H2,1-4H3,(H2,23,24,25);1H. The second-order valence-electron chi connectivity index (χ2n) is 8.37. The van der Waals surface area contributed by atoms with E-state index >= 15 is 0 Å². The summed E-state index contributed by atoms with van der Waals surface area (Å²) in [6.45, 7) is 11.2. The Morgan fingerprint density at radius 3 is 2.70 bits per heavy atom. The van der Waals surface area contributed by atoms with Gasteiger partial charge in [-0.1, -0.05) is 24.6 Å². The quantitative estimate of drug-likeness (QED) is 0.338. The molecule has 8 heteroatoms. The first kappa shape index (κ1) is 24.4. The number of fused-ring (bicyclic) bond motifs is 1. The molecule has 7 nitrogen and oxygen atoms in total. The van der Waals surface area contributed by atoms with E-state index in [1.54, 1.807) is 0 Å². The Morgan fingerprint density at radius 1 is 1.13 bits per heavy atom. The predicted octanol–water partition coefficient (Wildman–Crippen LogP) is 4.06. The van der Waals surface area contributed by atoms with Gasteiger partial charge in [0.15, 0.2) is 11.8 Å². The Hall–Kier alpha value is -1.84. The minimum Gasteiger partial charge on any atom is -0.488 e. The predicted molar refractivity (Wildman–Crippen MR) is 131 cm³/mol. The van der Waals surface area contributed by atoms with Crippen molar-refractivity contribution in [3.05, 3.63) is 41.5 Å². The third-order valence-electron chi connectivity index (χ3n) is 4.74. The molecule has 0 saturated carbocycles. The molecule has 1 aromatic heterocycles. The molecule has 0 atom stereocenters. The zero-order chi connectivity index (χ0) is 20.7. The van der Waals surface area contributed by atoms with Gasteiger partial charge in [0.25, 0.3) is 0 Å². The van der Waals surface area contributed by atoms with Crippen LogP contribution in [-0.2, 0) is 26.1 Å². The summed E-state index contributed by atoms with van der Waals surface area (Å²) in [7, 11) is 0. The van der Waals surface area contributed by atoms with Crippen LogP contribution < -0.4 is 15.4 Å². The number of rotatable bonds is 6. The van der Waals surface area contributed by atoms with Gasteiger partial charge >= 0.3 is 0 Å². The summed E-state index contributed by atoms with van der Waals surface area (Å²) in [5.41, 5.74) is 0.824.